The number of ketones is 1. The van der Waals surface area contributed by atoms with Gasteiger partial charge in [0.15, 0.2) is 5.78 Å². The average molecular weight is 512 g/mol. The van der Waals surface area contributed by atoms with Crippen LogP contribution >= 0.6 is 15.9 Å². The Kier molecular flexibility index (Phi) is 7.18. The van der Waals surface area contributed by atoms with Crippen LogP contribution in [0.15, 0.2) is 75.5 Å². The molecule has 0 saturated carbocycles. The molecule has 6 nitrogen and oxygen atoms in total. The third kappa shape index (κ3) is 4.98. The van der Waals surface area contributed by atoms with Gasteiger partial charge in [-0.15, -0.1) is 0 Å². The molecule has 0 unspecified atom stereocenters. The third-order valence-corrected chi connectivity index (χ3v) is 6.32. The maximum absolute atomic E-state index is 13.3. The smallest absolute Gasteiger partial charge is 0.336 e. The number of para-hydroxylation sites is 1. The molecule has 4 rings (SSSR count). The number of allylic oxidation sites excluding steroid dienone is 3. The molecule has 1 aliphatic heterocycles. The van der Waals surface area contributed by atoms with Gasteiger partial charge in [-0.2, -0.15) is 0 Å². The summed E-state index contributed by atoms with van der Waals surface area (Å²) < 4.78 is 17.7. The van der Waals surface area contributed by atoms with E-state index in [1.165, 1.54) is 0 Å². The normalized spacial score (nSPS) is 17.9. The molecule has 0 saturated heterocycles. The minimum atomic E-state index is -0.566. The van der Waals surface area contributed by atoms with Gasteiger partial charge in [0.05, 0.1) is 18.6 Å². The Bertz CT molecular complexity index is 1120. The molecular formula is C26H26BrNO5. The lowest BCUT2D eigenvalue weighted by molar-refractivity contribution is -0.140. The number of benzene rings is 2. The summed E-state index contributed by atoms with van der Waals surface area (Å²) in [5, 5.41) is 3.30. The SMILES string of the molecule is COc1ccc(Br)cc1[C@@H]1C(C(=O)OCCOc2ccccc2)=C(C)NC2=C1C(=O)CCC2. The summed E-state index contributed by atoms with van der Waals surface area (Å²) in [6.07, 6.45) is 2.01. The molecule has 0 radical (unpaired) electrons. The number of hydrogen-bond acceptors (Lipinski definition) is 6. The highest BCUT2D eigenvalue weighted by molar-refractivity contribution is 9.10. The summed E-state index contributed by atoms with van der Waals surface area (Å²) in [4.78, 5) is 26.4. The van der Waals surface area contributed by atoms with Crippen molar-refractivity contribution < 1.29 is 23.8 Å². The first-order valence-electron chi connectivity index (χ1n) is 10.9. The summed E-state index contributed by atoms with van der Waals surface area (Å²) >= 11 is 3.52. The maximum atomic E-state index is 13.3. The van der Waals surface area contributed by atoms with Crippen molar-refractivity contribution in [1.29, 1.82) is 0 Å². The molecule has 1 heterocycles. The van der Waals surface area contributed by atoms with Crippen molar-refractivity contribution in [3.8, 4) is 11.5 Å². The van der Waals surface area contributed by atoms with Crippen molar-refractivity contribution in [3.05, 3.63) is 81.1 Å². The van der Waals surface area contributed by atoms with E-state index in [1.54, 1.807) is 7.11 Å². The molecule has 0 amide bonds. The fourth-order valence-electron chi connectivity index (χ4n) is 4.38. The van der Waals surface area contributed by atoms with Crippen LogP contribution in [0.25, 0.3) is 0 Å². The van der Waals surface area contributed by atoms with E-state index in [0.29, 0.717) is 34.8 Å². The number of rotatable bonds is 7. The highest BCUT2D eigenvalue weighted by Gasteiger charge is 2.40. The van der Waals surface area contributed by atoms with Gasteiger partial charge in [-0.05, 0) is 50.1 Å². The van der Waals surface area contributed by atoms with Gasteiger partial charge in [-0.3, -0.25) is 4.79 Å². The van der Waals surface area contributed by atoms with Gasteiger partial charge in [0, 0.05) is 33.4 Å². The van der Waals surface area contributed by atoms with Crippen LogP contribution in [0.5, 0.6) is 11.5 Å². The molecule has 7 heteroatoms. The molecule has 0 bridgehead atoms. The van der Waals surface area contributed by atoms with E-state index >= 15 is 0 Å². The lowest BCUT2D eigenvalue weighted by atomic mass is 9.75. The second-order valence-electron chi connectivity index (χ2n) is 7.95. The zero-order valence-corrected chi connectivity index (χ0v) is 20.2. The van der Waals surface area contributed by atoms with Crippen LogP contribution in [0.1, 0.15) is 37.7 Å². The molecule has 1 atom stereocenters. The molecule has 33 heavy (non-hydrogen) atoms. The highest BCUT2D eigenvalue weighted by Crippen LogP contribution is 2.45. The Balaban J connectivity index is 1.63. The Morgan fingerprint density at radius 1 is 1.12 bits per heavy atom. The van der Waals surface area contributed by atoms with Crippen molar-refractivity contribution in [2.45, 2.75) is 32.1 Å². The van der Waals surface area contributed by atoms with Crippen LogP contribution in [0.2, 0.25) is 0 Å². The number of ether oxygens (including phenoxy) is 3. The van der Waals surface area contributed by atoms with E-state index in [2.05, 4.69) is 21.2 Å². The predicted octanol–water partition coefficient (Wildman–Crippen LogP) is 5.05. The molecular weight excluding hydrogens is 486 g/mol. The van der Waals surface area contributed by atoms with Crippen molar-refractivity contribution in [3.63, 3.8) is 0 Å². The predicted molar refractivity (Wildman–Crippen MR) is 128 cm³/mol. The van der Waals surface area contributed by atoms with Gasteiger partial charge in [0.2, 0.25) is 0 Å². The fourth-order valence-corrected chi connectivity index (χ4v) is 4.76. The van der Waals surface area contributed by atoms with Crippen molar-refractivity contribution in [2.75, 3.05) is 20.3 Å². The molecule has 0 spiro atoms. The number of nitrogens with one attached hydrogen (secondary N) is 1. The van der Waals surface area contributed by atoms with Crippen molar-refractivity contribution >= 4 is 27.7 Å². The summed E-state index contributed by atoms with van der Waals surface area (Å²) in [5.74, 6) is 0.321. The number of hydrogen-bond donors (Lipinski definition) is 1. The van der Waals surface area contributed by atoms with E-state index in [9.17, 15) is 9.59 Å². The summed E-state index contributed by atoms with van der Waals surface area (Å²) in [5.41, 5.74) is 3.35. The Labute approximate surface area is 201 Å². The molecule has 1 N–H and O–H groups in total. The van der Waals surface area contributed by atoms with Crippen LogP contribution in [0.3, 0.4) is 0 Å². The van der Waals surface area contributed by atoms with Gasteiger partial charge in [0.1, 0.15) is 24.7 Å². The standard InChI is InChI=1S/C26H26BrNO5/c1-16-23(26(30)33-14-13-32-18-7-4-3-5-8-18)24(19-15-17(27)11-12-22(19)31-2)25-20(28-16)9-6-10-21(25)29/h3-5,7-8,11-12,15,24,28H,6,9-10,13-14H2,1-2H3/t24-/m1/s1. The molecule has 2 aliphatic rings. The molecule has 1 aliphatic carbocycles. The van der Waals surface area contributed by atoms with E-state index in [4.69, 9.17) is 14.2 Å². The van der Waals surface area contributed by atoms with Gasteiger partial charge in [-0.1, -0.05) is 34.1 Å². The number of halogens is 1. The Morgan fingerprint density at radius 2 is 1.91 bits per heavy atom. The van der Waals surface area contributed by atoms with E-state index < -0.39 is 11.9 Å². The molecule has 0 fully saturated rings. The van der Waals surface area contributed by atoms with Crippen LogP contribution in [-0.4, -0.2) is 32.1 Å². The number of carbonyl (C=O) groups is 2. The first-order chi connectivity index (χ1) is 16.0. The molecule has 0 aromatic heterocycles. The van der Waals surface area contributed by atoms with Gasteiger partial charge in [-0.25, -0.2) is 4.79 Å². The van der Waals surface area contributed by atoms with E-state index in [1.807, 2.05) is 55.5 Å². The summed E-state index contributed by atoms with van der Waals surface area (Å²) in [7, 11) is 1.58. The first-order valence-corrected chi connectivity index (χ1v) is 11.7. The van der Waals surface area contributed by atoms with Crippen LogP contribution < -0.4 is 14.8 Å². The van der Waals surface area contributed by atoms with Crippen molar-refractivity contribution in [1.82, 2.24) is 5.32 Å². The van der Waals surface area contributed by atoms with E-state index in [-0.39, 0.29) is 19.0 Å². The number of methoxy groups -OCH3 is 1. The van der Waals surface area contributed by atoms with Crippen LogP contribution in [-0.2, 0) is 14.3 Å². The number of esters is 1. The summed E-state index contributed by atoms with van der Waals surface area (Å²) in [6.45, 7) is 2.16. The zero-order valence-electron chi connectivity index (χ0n) is 18.7. The largest absolute Gasteiger partial charge is 0.496 e. The van der Waals surface area contributed by atoms with Crippen LogP contribution in [0.4, 0.5) is 0 Å². The second-order valence-corrected chi connectivity index (χ2v) is 8.87. The fraction of sp³-hybridized carbons (Fsp3) is 0.308. The number of dihydropyridines is 1. The highest BCUT2D eigenvalue weighted by atomic mass is 79.9. The van der Waals surface area contributed by atoms with Gasteiger partial charge >= 0.3 is 5.97 Å². The van der Waals surface area contributed by atoms with Crippen molar-refractivity contribution in [2.24, 2.45) is 0 Å². The lowest BCUT2D eigenvalue weighted by Gasteiger charge is -2.34. The molecule has 172 valence electrons. The number of Topliss-reactive ketones (excluding diaryl/α,β-unsaturated/α-hetero) is 1. The average Bonchev–Trinajstić information content (AvgIpc) is 2.81. The summed E-state index contributed by atoms with van der Waals surface area (Å²) in [6, 6.07) is 15.0. The van der Waals surface area contributed by atoms with Crippen LogP contribution in [0, 0.1) is 0 Å². The molecule has 2 aromatic rings. The maximum Gasteiger partial charge on any atom is 0.336 e. The minimum Gasteiger partial charge on any atom is -0.496 e. The van der Waals surface area contributed by atoms with E-state index in [0.717, 1.165) is 28.6 Å². The monoisotopic (exact) mass is 511 g/mol. The first kappa shape index (κ1) is 23.1. The third-order valence-electron chi connectivity index (χ3n) is 5.83. The lowest BCUT2D eigenvalue weighted by Crippen LogP contribution is -2.34. The number of carbonyl (C=O) groups excluding carboxylic acids is 2. The van der Waals surface area contributed by atoms with Gasteiger partial charge < -0.3 is 19.5 Å². The topological polar surface area (TPSA) is 73.9 Å². The quantitative estimate of drug-likeness (QED) is 0.414. The zero-order chi connectivity index (χ0) is 23.4. The Morgan fingerprint density at radius 3 is 2.67 bits per heavy atom. The molecule has 2 aromatic carbocycles. The Hall–Kier alpha value is -3.06. The van der Waals surface area contributed by atoms with Gasteiger partial charge in [0.25, 0.3) is 0 Å². The second kappa shape index (κ2) is 10.3. The minimum absolute atomic E-state index is 0.0426.